The molecular weight excluding hydrogens is 238 g/mol. The van der Waals surface area contributed by atoms with Crippen LogP contribution in [0.4, 0.5) is 0 Å². The summed E-state index contributed by atoms with van der Waals surface area (Å²) >= 11 is 3.04. The van der Waals surface area contributed by atoms with Crippen LogP contribution in [0.15, 0.2) is 17.6 Å². The van der Waals surface area contributed by atoms with Gasteiger partial charge in [0.25, 0.3) is 0 Å². The predicted molar refractivity (Wildman–Crippen MR) is 69.1 cm³/mol. The van der Waals surface area contributed by atoms with Crippen LogP contribution in [0.3, 0.4) is 0 Å². The molecule has 0 radical (unpaired) electrons. The third-order valence-electron chi connectivity index (χ3n) is 2.36. The Bertz CT molecular complexity index is 422. The van der Waals surface area contributed by atoms with E-state index in [1.807, 2.05) is 6.20 Å². The van der Waals surface area contributed by atoms with Crippen LogP contribution in [-0.4, -0.2) is 15.3 Å². The molecule has 5 heteroatoms. The van der Waals surface area contributed by atoms with Crippen LogP contribution in [0.1, 0.15) is 35.5 Å². The Morgan fingerprint density at radius 2 is 2.38 bits per heavy atom. The molecule has 0 aromatic carbocycles. The highest BCUT2D eigenvalue weighted by Gasteiger charge is 2.16. The van der Waals surface area contributed by atoms with Crippen molar-refractivity contribution in [3.63, 3.8) is 0 Å². The topological polar surface area (TPSA) is 37.8 Å². The molecule has 0 spiro atoms. The molecule has 2 heterocycles. The van der Waals surface area contributed by atoms with Crippen molar-refractivity contribution < 1.29 is 0 Å². The van der Waals surface area contributed by atoms with Gasteiger partial charge in [-0.1, -0.05) is 6.92 Å². The summed E-state index contributed by atoms with van der Waals surface area (Å²) in [7, 11) is 0. The predicted octanol–water partition coefficient (Wildman–Crippen LogP) is 3.00. The van der Waals surface area contributed by atoms with Gasteiger partial charge in [0.2, 0.25) is 0 Å². The highest BCUT2D eigenvalue weighted by atomic mass is 32.1. The zero-order valence-electron chi connectivity index (χ0n) is 9.43. The largest absolute Gasteiger partial charge is 0.305 e. The van der Waals surface area contributed by atoms with Gasteiger partial charge < -0.3 is 5.32 Å². The summed E-state index contributed by atoms with van der Waals surface area (Å²) in [5.74, 6) is 0. The second kappa shape index (κ2) is 5.52. The normalized spacial score (nSPS) is 12.9. The zero-order valence-corrected chi connectivity index (χ0v) is 11.1. The first-order chi connectivity index (χ1) is 7.81. The minimum absolute atomic E-state index is 0.198. The molecule has 0 aliphatic carbocycles. The Hall–Kier alpha value is -0.780. The molecule has 0 aliphatic rings. The molecule has 1 unspecified atom stereocenters. The first kappa shape index (κ1) is 11.7. The lowest BCUT2D eigenvalue weighted by atomic mass is 10.1. The fourth-order valence-corrected chi connectivity index (χ4v) is 2.78. The number of nitrogens with one attached hydrogen (secondary N) is 1. The molecule has 0 saturated heterocycles. The molecule has 16 heavy (non-hydrogen) atoms. The van der Waals surface area contributed by atoms with Crippen molar-refractivity contribution in [3.05, 3.63) is 33.8 Å². The molecule has 0 bridgehead atoms. The molecule has 2 aromatic rings. The lowest BCUT2D eigenvalue weighted by Gasteiger charge is -2.14. The lowest BCUT2D eigenvalue weighted by molar-refractivity contribution is 0.591. The zero-order chi connectivity index (χ0) is 11.4. The van der Waals surface area contributed by atoms with E-state index in [1.54, 1.807) is 11.3 Å². The Labute approximate surface area is 104 Å². The van der Waals surface area contributed by atoms with E-state index in [-0.39, 0.29) is 6.04 Å². The monoisotopic (exact) mass is 253 g/mol. The molecule has 1 atom stereocenters. The number of aryl methyl sites for hydroxylation is 1. The molecule has 1 N–H and O–H groups in total. The summed E-state index contributed by atoms with van der Waals surface area (Å²) in [5.41, 5.74) is 2.32. The van der Waals surface area contributed by atoms with Crippen molar-refractivity contribution in [1.29, 1.82) is 0 Å². The summed E-state index contributed by atoms with van der Waals surface area (Å²) in [6.45, 7) is 5.30. The number of rotatable bonds is 5. The molecule has 2 rings (SSSR count). The van der Waals surface area contributed by atoms with Crippen LogP contribution in [0.2, 0.25) is 0 Å². The number of hydrogen-bond acceptors (Lipinski definition) is 5. The van der Waals surface area contributed by atoms with Crippen LogP contribution in [0, 0.1) is 6.92 Å². The van der Waals surface area contributed by atoms with Gasteiger partial charge in [0.15, 0.2) is 0 Å². The lowest BCUT2D eigenvalue weighted by Crippen LogP contribution is -2.22. The van der Waals surface area contributed by atoms with Gasteiger partial charge in [0, 0.05) is 4.88 Å². The molecular formula is C11H15N3S2. The summed E-state index contributed by atoms with van der Waals surface area (Å²) in [5, 5.41) is 5.71. The second-order valence-electron chi connectivity index (χ2n) is 3.71. The molecule has 0 fully saturated rings. The fourth-order valence-electron chi connectivity index (χ4n) is 1.60. The summed E-state index contributed by atoms with van der Waals surface area (Å²) < 4.78 is 8.41. The van der Waals surface area contributed by atoms with Crippen LogP contribution < -0.4 is 5.32 Å². The SMILES string of the molecule is CCCNC(c1csc(C)c1)c1cnsn1. The molecule has 3 nitrogen and oxygen atoms in total. The van der Waals surface area contributed by atoms with Crippen molar-refractivity contribution in [1.82, 2.24) is 14.1 Å². The van der Waals surface area contributed by atoms with Crippen molar-refractivity contribution in [3.8, 4) is 0 Å². The van der Waals surface area contributed by atoms with Crippen molar-refractivity contribution in [2.75, 3.05) is 6.54 Å². The van der Waals surface area contributed by atoms with Crippen LogP contribution in [0.25, 0.3) is 0 Å². The summed E-state index contributed by atoms with van der Waals surface area (Å²) in [6, 6.07) is 2.42. The smallest absolute Gasteiger partial charge is 0.0957 e. The minimum atomic E-state index is 0.198. The average molecular weight is 253 g/mol. The van der Waals surface area contributed by atoms with Gasteiger partial charge >= 0.3 is 0 Å². The molecule has 0 aliphatic heterocycles. The maximum atomic E-state index is 4.33. The van der Waals surface area contributed by atoms with Crippen LogP contribution in [-0.2, 0) is 0 Å². The van der Waals surface area contributed by atoms with Gasteiger partial charge in [-0.2, -0.15) is 8.75 Å². The maximum absolute atomic E-state index is 4.33. The molecule has 86 valence electrons. The third-order valence-corrected chi connectivity index (χ3v) is 3.73. The van der Waals surface area contributed by atoms with E-state index in [2.05, 4.69) is 39.4 Å². The van der Waals surface area contributed by atoms with E-state index in [0.717, 1.165) is 18.7 Å². The summed E-state index contributed by atoms with van der Waals surface area (Å²) in [4.78, 5) is 1.33. The van der Waals surface area contributed by atoms with Crippen molar-refractivity contribution in [2.24, 2.45) is 0 Å². The third kappa shape index (κ3) is 2.66. The van der Waals surface area contributed by atoms with E-state index < -0.39 is 0 Å². The Balaban J connectivity index is 2.21. The molecule has 0 saturated carbocycles. The first-order valence-corrected chi connectivity index (χ1v) is 6.98. The fraction of sp³-hybridized carbons (Fsp3) is 0.455. The van der Waals surface area contributed by atoms with Gasteiger partial charge in [0.05, 0.1) is 29.7 Å². The summed E-state index contributed by atoms with van der Waals surface area (Å²) in [6.07, 6.45) is 2.97. The Morgan fingerprint density at radius 3 is 2.94 bits per heavy atom. The van der Waals surface area contributed by atoms with E-state index in [9.17, 15) is 0 Å². The van der Waals surface area contributed by atoms with Gasteiger partial charge in [-0.3, -0.25) is 0 Å². The average Bonchev–Trinajstić information content (AvgIpc) is 2.91. The molecule has 0 amide bonds. The maximum Gasteiger partial charge on any atom is 0.0957 e. The standard InChI is InChI=1S/C11H15N3S2/c1-3-4-12-11(10-6-13-16-14-10)9-5-8(2)15-7-9/h5-7,11-12H,3-4H2,1-2H3. The quantitative estimate of drug-likeness (QED) is 0.890. The minimum Gasteiger partial charge on any atom is -0.305 e. The van der Waals surface area contributed by atoms with E-state index in [1.165, 1.54) is 22.2 Å². The van der Waals surface area contributed by atoms with Crippen molar-refractivity contribution >= 4 is 23.1 Å². The van der Waals surface area contributed by atoms with Gasteiger partial charge in [0.1, 0.15) is 0 Å². The number of aromatic nitrogens is 2. The number of hydrogen-bond donors (Lipinski definition) is 1. The van der Waals surface area contributed by atoms with E-state index in [0.29, 0.717) is 0 Å². The van der Waals surface area contributed by atoms with Gasteiger partial charge in [-0.25, -0.2) is 0 Å². The Morgan fingerprint density at radius 1 is 1.50 bits per heavy atom. The number of nitrogens with zero attached hydrogens (tertiary/aromatic N) is 2. The highest BCUT2D eigenvalue weighted by Crippen LogP contribution is 2.25. The van der Waals surface area contributed by atoms with Crippen LogP contribution in [0.5, 0.6) is 0 Å². The number of thiophene rings is 1. The highest BCUT2D eigenvalue weighted by molar-refractivity contribution is 7.10. The van der Waals surface area contributed by atoms with Crippen molar-refractivity contribution in [2.45, 2.75) is 26.3 Å². The Kier molecular flexibility index (Phi) is 4.04. The van der Waals surface area contributed by atoms with Gasteiger partial charge in [-0.05, 0) is 36.9 Å². The van der Waals surface area contributed by atoms with E-state index in [4.69, 9.17) is 0 Å². The van der Waals surface area contributed by atoms with E-state index >= 15 is 0 Å². The van der Waals surface area contributed by atoms with Crippen LogP contribution >= 0.6 is 23.1 Å². The van der Waals surface area contributed by atoms with Gasteiger partial charge in [-0.15, -0.1) is 11.3 Å². The second-order valence-corrected chi connectivity index (χ2v) is 5.38. The molecule has 2 aromatic heterocycles. The first-order valence-electron chi connectivity index (χ1n) is 5.37.